The maximum absolute atomic E-state index is 13.8. The van der Waals surface area contributed by atoms with Gasteiger partial charge in [-0.2, -0.15) is 0 Å². The molecular formula is C21H28FN3O8. The van der Waals surface area contributed by atoms with Crippen molar-refractivity contribution in [3.05, 3.63) is 29.6 Å². The van der Waals surface area contributed by atoms with Crippen molar-refractivity contribution < 1.29 is 42.5 Å². The fourth-order valence-electron chi connectivity index (χ4n) is 3.54. The van der Waals surface area contributed by atoms with Gasteiger partial charge in [-0.1, -0.05) is 0 Å². The Bertz CT molecular complexity index is 855. The highest BCUT2D eigenvalue weighted by molar-refractivity contribution is 6.08. The van der Waals surface area contributed by atoms with E-state index in [0.717, 1.165) is 12.1 Å². The summed E-state index contributed by atoms with van der Waals surface area (Å²) in [6.07, 6.45) is -1.23. The molecule has 33 heavy (non-hydrogen) atoms. The van der Waals surface area contributed by atoms with Gasteiger partial charge in [-0.15, -0.1) is 0 Å². The molecular weight excluding hydrogens is 441 g/mol. The summed E-state index contributed by atoms with van der Waals surface area (Å²) in [5.74, 6) is -1.58. The maximum atomic E-state index is 13.8. The number of nitrogens with one attached hydrogen (secondary N) is 3. The largest absolute Gasteiger partial charge is 0.480 e. The number of amides is 4. The molecule has 2 aliphatic rings. The van der Waals surface area contributed by atoms with Crippen molar-refractivity contribution in [2.75, 3.05) is 59.9 Å². The van der Waals surface area contributed by atoms with Crippen molar-refractivity contribution in [3.8, 4) is 5.75 Å². The van der Waals surface area contributed by atoms with E-state index in [1.54, 1.807) is 7.11 Å². The number of methoxy groups -OCH3 is 1. The summed E-state index contributed by atoms with van der Waals surface area (Å²) < 4.78 is 40.4. The van der Waals surface area contributed by atoms with Crippen molar-refractivity contribution in [2.24, 2.45) is 0 Å². The summed E-state index contributed by atoms with van der Waals surface area (Å²) in [6, 6.07) is 2.89. The minimum absolute atomic E-state index is 0.153. The van der Waals surface area contributed by atoms with Crippen molar-refractivity contribution in [3.63, 3.8) is 0 Å². The number of imide groups is 1. The van der Waals surface area contributed by atoms with E-state index in [-0.39, 0.29) is 30.9 Å². The minimum atomic E-state index is -1.57. The Kier molecular flexibility index (Phi) is 8.95. The second-order valence-corrected chi connectivity index (χ2v) is 7.39. The van der Waals surface area contributed by atoms with Gasteiger partial charge < -0.3 is 34.3 Å². The van der Waals surface area contributed by atoms with Crippen LogP contribution >= 0.6 is 0 Å². The van der Waals surface area contributed by atoms with Gasteiger partial charge in [0.1, 0.15) is 11.6 Å². The second kappa shape index (κ2) is 11.9. The van der Waals surface area contributed by atoms with Crippen LogP contribution in [0, 0.1) is 5.82 Å². The highest BCUT2D eigenvalue weighted by Crippen LogP contribution is 2.41. The lowest BCUT2D eigenvalue weighted by Gasteiger charge is -2.36. The summed E-state index contributed by atoms with van der Waals surface area (Å²) in [5, 5.41) is 7.35. The lowest BCUT2D eigenvalue weighted by Crippen LogP contribution is -2.54. The fourth-order valence-corrected chi connectivity index (χ4v) is 3.54. The first-order chi connectivity index (χ1) is 16.0. The number of rotatable bonds is 13. The average Bonchev–Trinajstić information content (AvgIpc) is 3.07. The van der Waals surface area contributed by atoms with Crippen LogP contribution < -0.4 is 20.7 Å². The smallest absolute Gasteiger partial charge is 0.322 e. The molecule has 182 valence electrons. The van der Waals surface area contributed by atoms with E-state index in [0.29, 0.717) is 39.6 Å². The van der Waals surface area contributed by atoms with Gasteiger partial charge in [-0.3, -0.25) is 14.9 Å². The number of fused-ring (bicyclic) bond motifs is 2. The van der Waals surface area contributed by atoms with Crippen molar-refractivity contribution in [1.29, 1.82) is 0 Å². The van der Waals surface area contributed by atoms with Crippen molar-refractivity contribution in [2.45, 2.75) is 18.1 Å². The van der Waals surface area contributed by atoms with Crippen LogP contribution in [0.25, 0.3) is 0 Å². The minimum Gasteiger partial charge on any atom is -0.480 e. The number of urea groups is 1. The lowest BCUT2D eigenvalue weighted by atomic mass is 9.81. The first-order valence-electron chi connectivity index (χ1n) is 10.6. The number of benzene rings is 1. The van der Waals surface area contributed by atoms with E-state index >= 15 is 0 Å². The standard InChI is InChI=1S/C21H28FN3O8/c1-29-6-7-31-10-11-32-9-8-30-5-4-23-18(26)17-13-21(19(27)24-20(28)25-21)15-12-14(22)2-3-16(15)33-17/h2-3,12,17H,4-11,13H2,1H3,(H,23,26)(H2,24,25,27,28)/t17-,21-/m0/s1. The van der Waals surface area contributed by atoms with Crippen LogP contribution in [-0.2, 0) is 34.1 Å². The molecule has 1 aromatic carbocycles. The SMILES string of the molecule is COCCOCCOCCOCCNC(=O)[C@@H]1C[C@]2(NC(=O)NC2=O)c2cc(F)ccc2O1. The summed E-state index contributed by atoms with van der Waals surface area (Å²) in [5.41, 5.74) is -1.40. The predicted molar refractivity (Wildman–Crippen MR) is 111 cm³/mol. The van der Waals surface area contributed by atoms with Crippen LogP contribution in [0.2, 0.25) is 0 Å². The van der Waals surface area contributed by atoms with Gasteiger partial charge >= 0.3 is 6.03 Å². The molecule has 4 amide bonds. The molecule has 0 radical (unpaired) electrons. The lowest BCUT2D eigenvalue weighted by molar-refractivity contribution is -0.133. The first kappa shape index (κ1) is 24.8. The second-order valence-electron chi connectivity index (χ2n) is 7.39. The summed E-state index contributed by atoms with van der Waals surface area (Å²) in [6.45, 7) is 3.16. The molecule has 1 fully saturated rings. The average molecular weight is 469 g/mol. The van der Waals surface area contributed by atoms with Crippen LogP contribution in [0.3, 0.4) is 0 Å². The van der Waals surface area contributed by atoms with Crippen molar-refractivity contribution in [1.82, 2.24) is 16.0 Å². The van der Waals surface area contributed by atoms with Gasteiger partial charge in [-0.05, 0) is 18.2 Å². The van der Waals surface area contributed by atoms with Gasteiger partial charge in [0.05, 0.1) is 46.2 Å². The first-order valence-corrected chi connectivity index (χ1v) is 10.6. The van der Waals surface area contributed by atoms with Gasteiger partial charge in [0, 0.05) is 25.6 Å². The molecule has 0 bridgehead atoms. The predicted octanol–water partition coefficient (Wildman–Crippen LogP) is -0.176. The molecule has 0 unspecified atom stereocenters. The van der Waals surface area contributed by atoms with Gasteiger partial charge in [0.2, 0.25) is 0 Å². The summed E-state index contributed by atoms with van der Waals surface area (Å²) >= 11 is 0. The van der Waals surface area contributed by atoms with Crippen LogP contribution in [0.4, 0.5) is 9.18 Å². The maximum Gasteiger partial charge on any atom is 0.322 e. The molecule has 2 aliphatic heterocycles. The number of carbonyl (C=O) groups is 3. The Balaban J connectivity index is 1.41. The number of carbonyl (C=O) groups excluding carboxylic acids is 3. The number of hydrogen-bond donors (Lipinski definition) is 3. The van der Waals surface area contributed by atoms with E-state index in [4.69, 9.17) is 23.7 Å². The van der Waals surface area contributed by atoms with Crippen LogP contribution in [0.5, 0.6) is 5.75 Å². The zero-order valence-electron chi connectivity index (χ0n) is 18.3. The molecule has 2 atom stereocenters. The Hall–Kier alpha value is -2.80. The third kappa shape index (κ3) is 6.38. The third-order valence-electron chi connectivity index (χ3n) is 5.12. The number of hydrogen-bond acceptors (Lipinski definition) is 8. The van der Waals surface area contributed by atoms with Crippen LogP contribution in [0.15, 0.2) is 18.2 Å². The molecule has 1 saturated heterocycles. The fraction of sp³-hybridized carbons (Fsp3) is 0.571. The topological polar surface area (TPSA) is 133 Å². The summed E-state index contributed by atoms with van der Waals surface area (Å²) in [4.78, 5) is 36.9. The quantitative estimate of drug-likeness (QED) is 0.268. The van der Waals surface area contributed by atoms with E-state index in [9.17, 15) is 18.8 Å². The molecule has 3 rings (SSSR count). The van der Waals surface area contributed by atoms with E-state index in [1.165, 1.54) is 6.07 Å². The Morgan fingerprint density at radius 3 is 2.42 bits per heavy atom. The molecule has 2 heterocycles. The van der Waals surface area contributed by atoms with Gasteiger partial charge in [-0.25, -0.2) is 9.18 Å². The summed E-state index contributed by atoms with van der Waals surface area (Å²) in [7, 11) is 1.60. The van der Waals surface area contributed by atoms with Gasteiger partial charge in [0.25, 0.3) is 11.8 Å². The molecule has 0 aromatic heterocycles. The highest BCUT2D eigenvalue weighted by Gasteiger charge is 2.54. The van der Waals surface area contributed by atoms with Crippen LogP contribution in [-0.4, -0.2) is 83.9 Å². The highest BCUT2D eigenvalue weighted by atomic mass is 19.1. The number of ether oxygens (including phenoxy) is 5. The molecule has 1 aromatic rings. The van der Waals surface area contributed by atoms with Gasteiger partial charge in [0.15, 0.2) is 11.6 Å². The molecule has 1 spiro atoms. The Morgan fingerprint density at radius 2 is 1.79 bits per heavy atom. The Morgan fingerprint density at radius 1 is 1.12 bits per heavy atom. The van der Waals surface area contributed by atoms with E-state index in [1.807, 2.05) is 0 Å². The molecule has 0 aliphatic carbocycles. The third-order valence-corrected chi connectivity index (χ3v) is 5.12. The molecule has 12 heteroatoms. The number of halogens is 1. The van der Waals surface area contributed by atoms with Crippen LogP contribution in [0.1, 0.15) is 12.0 Å². The Labute approximate surface area is 190 Å². The zero-order valence-corrected chi connectivity index (χ0v) is 18.3. The van der Waals surface area contributed by atoms with Crippen molar-refractivity contribution >= 4 is 17.8 Å². The molecule has 0 saturated carbocycles. The molecule has 11 nitrogen and oxygen atoms in total. The monoisotopic (exact) mass is 469 g/mol. The normalized spacial score (nSPS) is 21.3. The van der Waals surface area contributed by atoms with E-state index < -0.39 is 35.3 Å². The van der Waals surface area contributed by atoms with E-state index in [2.05, 4.69) is 16.0 Å². The zero-order chi connectivity index (χ0) is 23.7. The molecule has 3 N–H and O–H groups in total.